The third-order valence-electron chi connectivity index (χ3n) is 11.1. The Hall–Kier alpha value is -0.250. The van der Waals surface area contributed by atoms with E-state index in [1.54, 1.807) is 0 Å². The van der Waals surface area contributed by atoms with E-state index in [9.17, 15) is 23.7 Å². The van der Waals surface area contributed by atoms with E-state index in [1.165, 1.54) is 0 Å². The molecule has 0 bridgehead atoms. The minimum atomic E-state index is -4.45. The molecule has 4 fully saturated rings. The Balaban J connectivity index is 1.61. The predicted molar refractivity (Wildman–Crippen MR) is 124 cm³/mol. The van der Waals surface area contributed by atoms with Crippen LogP contribution in [-0.4, -0.2) is 53.2 Å². The fourth-order valence-corrected chi connectivity index (χ4v) is 9.74. The summed E-state index contributed by atoms with van der Waals surface area (Å²) in [5.41, 5.74) is -0.311. The second-order valence-corrected chi connectivity index (χ2v) is 13.3. The molecule has 192 valence electrons. The van der Waals surface area contributed by atoms with E-state index in [4.69, 9.17) is 4.55 Å². The molecule has 0 radical (unpaired) electrons. The first kappa shape index (κ1) is 25.8. The molecule has 33 heavy (non-hydrogen) atoms. The lowest BCUT2D eigenvalue weighted by Gasteiger charge is -2.65. The Morgan fingerprint density at radius 2 is 1.73 bits per heavy atom. The summed E-state index contributed by atoms with van der Waals surface area (Å²) in [6.07, 6.45) is 5.28. The summed E-state index contributed by atoms with van der Waals surface area (Å²) in [7, 11) is -4.45. The van der Waals surface area contributed by atoms with Gasteiger partial charge in [-0.1, -0.05) is 34.1 Å². The standard InChI is InChI=1S/C25H44O7S/c1-5-16-19-12-15(26)8-10-24(19,3)20-13-21(27)25(4)17(6-7-18(25)22(20)23(16)28)14(2)9-11-32-33(29,30)31/h14-23,26-28H,5-13H2,1-4H3,(H,29,30,31)/t14-,15-,16-,17-,18?,19+,20?,21+,22?,23?,24+,25-/m1/s1. The molecule has 0 spiro atoms. The normalized spacial score (nSPS) is 50.8. The molecule has 0 aromatic carbocycles. The topological polar surface area (TPSA) is 124 Å². The Morgan fingerprint density at radius 1 is 1.03 bits per heavy atom. The molecule has 4 saturated carbocycles. The average molecular weight is 489 g/mol. The lowest BCUT2D eigenvalue weighted by molar-refractivity contribution is -0.228. The van der Waals surface area contributed by atoms with E-state index in [2.05, 4.69) is 31.9 Å². The SMILES string of the molecule is CC[C@H]1C(O)C2C3CC[C@H]([C@H](C)CCOS(=O)(=O)O)[C@@]3(C)[C@@H](O)CC2[C@@]2(C)CC[C@@H](O)C[C@@H]12. The van der Waals surface area contributed by atoms with Gasteiger partial charge in [-0.3, -0.25) is 4.55 Å². The third kappa shape index (κ3) is 4.20. The molecule has 4 N–H and O–H groups in total. The van der Waals surface area contributed by atoms with Crippen molar-refractivity contribution in [1.82, 2.24) is 0 Å². The van der Waals surface area contributed by atoms with Gasteiger partial charge in [0.2, 0.25) is 0 Å². The van der Waals surface area contributed by atoms with Gasteiger partial charge in [0.1, 0.15) is 0 Å². The van der Waals surface area contributed by atoms with Crippen LogP contribution in [-0.2, 0) is 14.6 Å². The van der Waals surface area contributed by atoms with Gasteiger partial charge in [0.25, 0.3) is 0 Å². The van der Waals surface area contributed by atoms with Crippen LogP contribution in [0.3, 0.4) is 0 Å². The van der Waals surface area contributed by atoms with Gasteiger partial charge in [-0.2, -0.15) is 8.42 Å². The quantitative estimate of drug-likeness (QED) is 0.422. The van der Waals surface area contributed by atoms with Gasteiger partial charge in [-0.25, -0.2) is 4.18 Å². The Kier molecular flexibility index (Phi) is 7.05. The molecule has 4 unspecified atom stereocenters. The smallest absolute Gasteiger partial charge is 0.393 e. The summed E-state index contributed by atoms with van der Waals surface area (Å²) in [6, 6.07) is 0. The number of rotatable bonds is 6. The number of aliphatic hydroxyl groups excluding tert-OH is 3. The zero-order valence-electron chi connectivity index (χ0n) is 20.6. The molecule has 0 heterocycles. The molecular formula is C25H44O7S. The summed E-state index contributed by atoms with van der Waals surface area (Å²) in [4.78, 5) is 0. The van der Waals surface area contributed by atoms with Crippen molar-refractivity contribution in [3.05, 3.63) is 0 Å². The molecule has 7 nitrogen and oxygen atoms in total. The lowest BCUT2D eigenvalue weighted by Crippen LogP contribution is -2.65. The van der Waals surface area contributed by atoms with Crippen molar-refractivity contribution in [2.75, 3.05) is 6.61 Å². The van der Waals surface area contributed by atoms with E-state index in [0.717, 1.165) is 38.5 Å². The van der Waals surface area contributed by atoms with Crippen molar-refractivity contribution in [2.45, 2.75) is 97.4 Å². The highest BCUT2D eigenvalue weighted by Crippen LogP contribution is 2.69. The first-order chi connectivity index (χ1) is 15.3. The Bertz CT molecular complexity index is 818. The Morgan fingerprint density at radius 3 is 2.36 bits per heavy atom. The van der Waals surface area contributed by atoms with Gasteiger partial charge in [0.05, 0.1) is 24.9 Å². The third-order valence-corrected chi connectivity index (χ3v) is 11.5. The van der Waals surface area contributed by atoms with Crippen molar-refractivity contribution >= 4 is 10.4 Å². The van der Waals surface area contributed by atoms with Crippen molar-refractivity contribution in [1.29, 1.82) is 0 Å². The van der Waals surface area contributed by atoms with Crippen LogP contribution in [0.5, 0.6) is 0 Å². The van der Waals surface area contributed by atoms with Crippen LogP contribution in [0.4, 0.5) is 0 Å². The van der Waals surface area contributed by atoms with Gasteiger partial charge in [-0.15, -0.1) is 0 Å². The van der Waals surface area contributed by atoms with E-state index in [-0.39, 0.29) is 65.0 Å². The second-order valence-electron chi connectivity index (χ2n) is 12.2. The van der Waals surface area contributed by atoms with E-state index >= 15 is 0 Å². The van der Waals surface area contributed by atoms with E-state index < -0.39 is 22.6 Å². The van der Waals surface area contributed by atoms with Gasteiger partial charge in [0, 0.05) is 0 Å². The summed E-state index contributed by atoms with van der Waals surface area (Å²) in [5, 5.41) is 33.8. The zero-order valence-corrected chi connectivity index (χ0v) is 21.4. The van der Waals surface area contributed by atoms with Crippen LogP contribution in [0.25, 0.3) is 0 Å². The zero-order chi connectivity index (χ0) is 24.3. The second kappa shape index (κ2) is 9.00. The van der Waals surface area contributed by atoms with Crippen LogP contribution >= 0.6 is 0 Å². The molecule has 0 aliphatic heterocycles. The van der Waals surface area contributed by atoms with Crippen LogP contribution in [0.1, 0.15) is 79.1 Å². The van der Waals surface area contributed by atoms with Gasteiger partial charge in [0.15, 0.2) is 0 Å². The summed E-state index contributed by atoms with van der Waals surface area (Å²) >= 11 is 0. The lowest BCUT2D eigenvalue weighted by atomic mass is 9.41. The van der Waals surface area contributed by atoms with E-state index in [0.29, 0.717) is 12.8 Å². The molecule has 0 saturated heterocycles. The summed E-state index contributed by atoms with van der Waals surface area (Å²) in [5.74, 6) is 1.40. The van der Waals surface area contributed by atoms with Crippen LogP contribution in [0, 0.1) is 52.3 Å². The average Bonchev–Trinajstić information content (AvgIpc) is 3.08. The van der Waals surface area contributed by atoms with Crippen LogP contribution in [0.15, 0.2) is 0 Å². The molecule has 0 aromatic heterocycles. The molecule has 4 rings (SSSR count). The highest BCUT2D eigenvalue weighted by atomic mass is 32.3. The van der Waals surface area contributed by atoms with E-state index in [1.807, 2.05) is 0 Å². The largest absolute Gasteiger partial charge is 0.397 e. The number of hydrogen-bond donors (Lipinski definition) is 4. The van der Waals surface area contributed by atoms with Gasteiger partial charge in [-0.05, 0) is 97.2 Å². The highest BCUT2D eigenvalue weighted by molar-refractivity contribution is 7.80. The maximum atomic E-state index is 11.7. The molecule has 4 aliphatic carbocycles. The molecule has 8 heteroatoms. The number of aliphatic hydroxyl groups is 3. The highest BCUT2D eigenvalue weighted by Gasteiger charge is 2.67. The maximum absolute atomic E-state index is 11.7. The Labute approximate surface area is 199 Å². The monoisotopic (exact) mass is 488 g/mol. The fraction of sp³-hybridized carbons (Fsp3) is 1.00. The molecular weight excluding hydrogens is 444 g/mol. The summed E-state index contributed by atoms with van der Waals surface area (Å²) in [6.45, 7) is 8.70. The molecule has 0 aromatic rings. The van der Waals surface area contributed by atoms with Crippen LogP contribution < -0.4 is 0 Å². The number of fused-ring (bicyclic) bond motifs is 5. The first-order valence-corrected chi connectivity index (χ1v) is 14.4. The van der Waals surface area contributed by atoms with Crippen molar-refractivity contribution in [2.24, 2.45) is 52.3 Å². The van der Waals surface area contributed by atoms with Gasteiger partial charge >= 0.3 is 10.4 Å². The minimum absolute atomic E-state index is 0.0269. The van der Waals surface area contributed by atoms with Crippen molar-refractivity contribution in [3.8, 4) is 0 Å². The minimum Gasteiger partial charge on any atom is -0.393 e. The number of hydrogen-bond acceptors (Lipinski definition) is 6. The van der Waals surface area contributed by atoms with Crippen molar-refractivity contribution in [3.63, 3.8) is 0 Å². The fourth-order valence-electron chi connectivity index (χ4n) is 9.43. The maximum Gasteiger partial charge on any atom is 0.397 e. The summed E-state index contributed by atoms with van der Waals surface area (Å²) < 4.78 is 35.3. The predicted octanol–water partition coefficient (Wildman–Crippen LogP) is 3.43. The first-order valence-electron chi connectivity index (χ1n) is 13.0. The molecule has 0 amide bonds. The van der Waals surface area contributed by atoms with Gasteiger partial charge < -0.3 is 15.3 Å². The van der Waals surface area contributed by atoms with Crippen molar-refractivity contribution < 1.29 is 32.5 Å². The van der Waals surface area contributed by atoms with Crippen LogP contribution in [0.2, 0.25) is 0 Å². The molecule has 12 atom stereocenters. The molecule has 4 aliphatic rings.